The van der Waals surface area contributed by atoms with E-state index in [1.165, 1.54) is 19.0 Å². The minimum absolute atomic E-state index is 0.279. The summed E-state index contributed by atoms with van der Waals surface area (Å²) >= 11 is 0. The predicted molar refractivity (Wildman–Crippen MR) is 51.9 cm³/mol. The Morgan fingerprint density at radius 2 is 1.69 bits per heavy atom. The third-order valence-corrected chi connectivity index (χ3v) is 2.21. The van der Waals surface area contributed by atoms with Gasteiger partial charge in [0.15, 0.2) is 5.96 Å². The molecule has 4 N–H and O–H groups in total. The minimum Gasteiger partial charge on any atom is -0.369 e. The molecular formula is C5H10F3N5O2S. The molecule has 0 aliphatic heterocycles. The van der Waals surface area contributed by atoms with Crippen LogP contribution in [-0.2, 0) is 10.0 Å². The van der Waals surface area contributed by atoms with Gasteiger partial charge in [0.25, 0.3) is 0 Å². The summed E-state index contributed by atoms with van der Waals surface area (Å²) in [4.78, 5) is 4.35. The Morgan fingerprint density at radius 1 is 1.25 bits per heavy atom. The molecule has 0 aromatic rings. The molecule has 0 unspecified atom stereocenters. The van der Waals surface area contributed by atoms with E-state index in [2.05, 4.69) is 9.39 Å². The Labute approximate surface area is 89.7 Å². The standard InChI is InChI=1S/C5H10F3N5O2S/c1-13(2)4(10)11-3(9)12-16(14,15)5(6,7)8/h1-2H3,(H4,9,10,11,12). The zero-order valence-corrected chi connectivity index (χ0v) is 9.17. The second-order valence-electron chi connectivity index (χ2n) is 2.73. The number of hydrogen-bond acceptors (Lipinski definition) is 2. The number of rotatable bonds is 1. The van der Waals surface area contributed by atoms with Crippen LogP contribution in [0.4, 0.5) is 13.2 Å². The van der Waals surface area contributed by atoms with Crippen LogP contribution in [0, 0.1) is 0 Å². The summed E-state index contributed by atoms with van der Waals surface area (Å²) < 4.78 is 58.8. The summed E-state index contributed by atoms with van der Waals surface area (Å²) in [5.41, 5.74) is 4.54. The fourth-order valence-electron chi connectivity index (χ4n) is 0.413. The number of guanidine groups is 2. The average molecular weight is 261 g/mol. The lowest BCUT2D eigenvalue weighted by molar-refractivity contribution is -0.0435. The summed E-state index contributed by atoms with van der Waals surface area (Å²) in [6, 6.07) is 0. The summed E-state index contributed by atoms with van der Waals surface area (Å²) in [7, 11) is -2.82. The summed E-state index contributed by atoms with van der Waals surface area (Å²) in [5.74, 6) is -1.37. The van der Waals surface area contributed by atoms with Crippen LogP contribution in [0.3, 0.4) is 0 Å². The van der Waals surface area contributed by atoms with Gasteiger partial charge in [-0.05, 0) is 0 Å². The average Bonchev–Trinajstić information content (AvgIpc) is 1.99. The third-order valence-electron chi connectivity index (χ3n) is 1.19. The zero-order chi connectivity index (χ0) is 13.1. The molecule has 0 amide bonds. The summed E-state index contributed by atoms with van der Waals surface area (Å²) in [6.45, 7) is 0. The van der Waals surface area contributed by atoms with Crippen molar-refractivity contribution in [2.75, 3.05) is 14.1 Å². The quantitative estimate of drug-likeness (QED) is 0.465. The molecule has 0 saturated heterocycles. The van der Waals surface area contributed by atoms with Gasteiger partial charge < -0.3 is 16.4 Å². The molecule has 0 heterocycles. The van der Waals surface area contributed by atoms with E-state index in [0.717, 1.165) is 0 Å². The largest absolute Gasteiger partial charge is 0.518 e. The maximum absolute atomic E-state index is 11.8. The van der Waals surface area contributed by atoms with Crippen molar-refractivity contribution < 1.29 is 21.6 Å². The van der Waals surface area contributed by atoms with E-state index in [9.17, 15) is 21.6 Å². The molecule has 0 rings (SSSR count). The van der Waals surface area contributed by atoms with Crippen molar-refractivity contribution in [2.24, 2.45) is 20.9 Å². The molecule has 94 valence electrons. The molecule has 0 aromatic carbocycles. The maximum atomic E-state index is 11.8. The van der Waals surface area contributed by atoms with E-state index >= 15 is 0 Å². The summed E-state index contributed by atoms with van der Waals surface area (Å²) in [6.07, 6.45) is 0. The van der Waals surface area contributed by atoms with Gasteiger partial charge in [-0.1, -0.05) is 0 Å². The second-order valence-corrected chi connectivity index (χ2v) is 4.33. The van der Waals surface area contributed by atoms with Crippen LogP contribution >= 0.6 is 0 Å². The molecule has 0 aliphatic carbocycles. The van der Waals surface area contributed by atoms with Gasteiger partial charge in [-0.25, -0.2) is 0 Å². The number of halogens is 3. The van der Waals surface area contributed by atoms with Crippen molar-refractivity contribution in [1.29, 1.82) is 0 Å². The van der Waals surface area contributed by atoms with E-state index in [1.54, 1.807) is 0 Å². The molecule has 0 atom stereocenters. The number of alkyl halides is 3. The Bertz CT molecular complexity index is 410. The Hall–Kier alpha value is -1.52. The lowest BCUT2D eigenvalue weighted by atomic mass is 10.8. The first-order valence-electron chi connectivity index (χ1n) is 3.65. The molecule has 0 spiro atoms. The zero-order valence-electron chi connectivity index (χ0n) is 8.35. The SMILES string of the molecule is CN(C)/C(N)=N/C(N)=N/S(=O)(=O)C(F)(F)F. The number of sulfonamides is 1. The van der Waals surface area contributed by atoms with E-state index in [0.29, 0.717) is 0 Å². The molecule has 11 heteroatoms. The lowest BCUT2D eigenvalue weighted by Crippen LogP contribution is -2.33. The smallest absolute Gasteiger partial charge is 0.369 e. The van der Waals surface area contributed by atoms with Crippen molar-refractivity contribution in [3.63, 3.8) is 0 Å². The van der Waals surface area contributed by atoms with Crippen LogP contribution in [0.2, 0.25) is 0 Å². The van der Waals surface area contributed by atoms with E-state index < -0.39 is 21.5 Å². The van der Waals surface area contributed by atoms with Gasteiger partial charge in [0.2, 0.25) is 5.96 Å². The van der Waals surface area contributed by atoms with E-state index in [-0.39, 0.29) is 5.96 Å². The van der Waals surface area contributed by atoms with Crippen molar-refractivity contribution in [1.82, 2.24) is 4.90 Å². The van der Waals surface area contributed by atoms with E-state index in [1.807, 2.05) is 0 Å². The van der Waals surface area contributed by atoms with Gasteiger partial charge in [0.05, 0.1) is 0 Å². The topological polar surface area (TPSA) is 114 Å². The highest BCUT2D eigenvalue weighted by atomic mass is 32.2. The van der Waals surface area contributed by atoms with Crippen molar-refractivity contribution in [2.45, 2.75) is 5.51 Å². The molecule has 0 aromatic heterocycles. The minimum atomic E-state index is -5.69. The van der Waals surface area contributed by atoms with Gasteiger partial charge >= 0.3 is 15.5 Å². The monoisotopic (exact) mass is 261 g/mol. The highest BCUT2D eigenvalue weighted by molar-refractivity contribution is 7.91. The fourth-order valence-corrected chi connectivity index (χ4v) is 0.803. The molecule has 16 heavy (non-hydrogen) atoms. The van der Waals surface area contributed by atoms with Crippen LogP contribution in [0.1, 0.15) is 0 Å². The Kier molecular flexibility index (Phi) is 4.12. The Balaban J connectivity index is 5.17. The maximum Gasteiger partial charge on any atom is 0.518 e. The normalized spacial score (nSPS) is 15.1. The van der Waals surface area contributed by atoms with Gasteiger partial charge in [0.1, 0.15) is 0 Å². The van der Waals surface area contributed by atoms with Crippen molar-refractivity contribution in [3.8, 4) is 0 Å². The summed E-state index contributed by atoms with van der Waals surface area (Å²) in [5, 5.41) is 0. The Morgan fingerprint density at radius 3 is 2.00 bits per heavy atom. The molecule has 0 saturated carbocycles. The van der Waals surface area contributed by atoms with Crippen LogP contribution in [0.25, 0.3) is 0 Å². The molecule has 0 radical (unpaired) electrons. The van der Waals surface area contributed by atoms with Crippen LogP contribution in [-0.4, -0.2) is 44.8 Å². The number of nitrogens with two attached hydrogens (primary N) is 2. The molecule has 0 fully saturated rings. The van der Waals surface area contributed by atoms with Crippen LogP contribution in [0.5, 0.6) is 0 Å². The predicted octanol–water partition coefficient (Wildman–Crippen LogP) is -0.973. The van der Waals surface area contributed by atoms with Gasteiger partial charge in [-0.3, -0.25) is 0 Å². The highest BCUT2D eigenvalue weighted by Crippen LogP contribution is 2.24. The van der Waals surface area contributed by atoms with Crippen molar-refractivity contribution in [3.05, 3.63) is 0 Å². The first kappa shape index (κ1) is 14.5. The van der Waals surface area contributed by atoms with E-state index in [4.69, 9.17) is 11.5 Å². The number of hydrogen-bond donors (Lipinski definition) is 2. The first-order chi connectivity index (χ1) is 6.97. The lowest BCUT2D eigenvalue weighted by Gasteiger charge is -2.09. The third kappa shape index (κ3) is 3.92. The molecule has 0 bridgehead atoms. The highest BCUT2D eigenvalue weighted by Gasteiger charge is 2.46. The van der Waals surface area contributed by atoms with Gasteiger partial charge in [-0.15, -0.1) is 4.40 Å². The van der Waals surface area contributed by atoms with Crippen molar-refractivity contribution >= 4 is 21.9 Å². The first-order valence-corrected chi connectivity index (χ1v) is 5.09. The number of aliphatic imine (C=N–C) groups is 1. The fraction of sp³-hybridized carbons (Fsp3) is 0.600. The number of nitrogens with zero attached hydrogens (tertiary/aromatic N) is 3. The molecule has 7 nitrogen and oxygen atoms in total. The van der Waals surface area contributed by atoms with Gasteiger partial charge in [0, 0.05) is 14.1 Å². The molecule has 0 aliphatic rings. The molecular weight excluding hydrogens is 251 g/mol. The van der Waals surface area contributed by atoms with Gasteiger partial charge in [-0.2, -0.15) is 26.6 Å². The van der Waals surface area contributed by atoms with Crippen LogP contribution in [0.15, 0.2) is 9.39 Å². The second kappa shape index (κ2) is 4.55. The van der Waals surface area contributed by atoms with Crippen LogP contribution < -0.4 is 11.5 Å².